The van der Waals surface area contributed by atoms with E-state index in [1.54, 1.807) is 0 Å². The first kappa shape index (κ1) is 12.3. The van der Waals surface area contributed by atoms with E-state index in [0.29, 0.717) is 18.8 Å². The van der Waals surface area contributed by atoms with Gasteiger partial charge in [0.2, 0.25) is 5.95 Å². The Labute approximate surface area is 111 Å². The molecule has 2 heterocycles. The summed E-state index contributed by atoms with van der Waals surface area (Å²) in [5, 5.41) is 9.22. The van der Waals surface area contributed by atoms with E-state index in [4.69, 9.17) is 10.5 Å². The van der Waals surface area contributed by atoms with Crippen molar-refractivity contribution < 1.29 is 9.84 Å². The third kappa shape index (κ3) is 2.24. The number of morpholine rings is 1. The van der Waals surface area contributed by atoms with Crippen LogP contribution < -0.4 is 10.6 Å². The molecule has 1 aromatic carbocycles. The first-order chi connectivity index (χ1) is 9.17. The molecular weight excluding hydrogens is 244 g/mol. The van der Waals surface area contributed by atoms with E-state index in [1.807, 2.05) is 18.2 Å². The van der Waals surface area contributed by atoms with Gasteiger partial charge in [-0.05, 0) is 25.1 Å². The number of hydrogen-bond donors (Lipinski definition) is 3. The van der Waals surface area contributed by atoms with Gasteiger partial charge in [0.25, 0.3) is 0 Å². The highest BCUT2D eigenvalue weighted by Crippen LogP contribution is 2.23. The van der Waals surface area contributed by atoms with Gasteiger partial charge in [0.05, 0.1) is 36.4 Å². The molecule has 2 aromatic rings. The summed E-state index contributed by atoms with van der Waals surface area (Å²) in [7, 11) is 0. The minimum atomic E-state index is -0.158. The SMILES string of the molecule is CC1COC(CO)CN1c1nc2ccc(N)cc2[nH]1. The maximum absolute atomic E-state index is 9.22. The zero-order valence-electron chi connectivity index (χ0n) is 10.8. The third-order valence-corrected chi connectivity index (χ3v) is 3.47. The van der Waals surface area contributed by atoms with E-state index in [9.17, 15) is 5.11 Å². The predicted molar refractivity (Wildman–Crippen MR) is 74.1 cm³/mol. The molecule has 19 heavy (non-hydrogen) atoms. The standard InChI is InChI=1S/C13H18N4O2/c1-8-7-19-10(6-18)5-17(8)13-15-11-3-2-9(14)4-12(11)16-13/h2-4,8,10,18H,5-7,14H2,1H3,(H,15,16). The number of nitrogen functional groups attached to an aromatic ring is 1. The Balaban J connectivity index is 1.93. The zero-order chi connectivity index (χ0) is 13.4. The van der Waals surface area contributed by atoms with Gasteiger partial charge in [-0.3, -0.25) is 0 Å². The second kappa shape index (κ2) is 4.71. The van der Waals surface area contributed by atoms with E-state index in [2.05, 4.69) is 21.8 Å². The van der Waals surface area contributed by atoms with Gasteiger partial charge in [-0.1, -0.05) is 0 Å². The molecule has 0 amide bonds. The van der Waals surface area contributed by atoms with E-state index in [0.717, 1.165) is 17.0 Å². The number of ether oxygens (including phenoxy) is 1. The fourth-order valence-electron chi connectivity index (χ4n) is 2.37. The van der Waals surface area contributed by atoms with Crippen LogP contribution in [0.1, 0.15) is 6.92 Å². The molecule has 102 valence electrons. The number of imidazole rings is 1. The van der Waals surface area contributed by atoms with E-state index >= 15 is 0 Å². The summed E-state index contributed by atoms with van der Waals surface area (Å²) in [4.78, 5) is 9.98. The van der Waals surface area contributed by atoms with Crippen molar-refractivity contribution in [2.24, 2.45) is 0 Å². The molecule has 1 saturated heterocycles. The smallest absolute Gasteiger partial charge is 0.204 e. The molecule has 0 bridgehead atoms. The summed E-state index contributed by atoms with van der Waals surface area (Å²) in [5.74, 6) is 0.801. The summed E-state index contributed by atoms with van der Waals surface area (Å²) in [6.45, 7) is 3.32. The molecule has 0 spiro atoms. The molecule has 3 rings (SSSR count). The van der Waals surface area contributed by atoms with Crippen LogP contribution in [0, 0.1) is 0 Å². The lowest BCUT2D eigenvalue weighted by Crippen LogP contribution is -2.50. The Morgan fingerprint density at radius 1 is 1.58 bits per heavy atom. The van der Waals surface area contributed by atoms with Crippen LogP contribution in [0.3, 0.4) is 0 Å². The Hall–Kier alpha value is -1.79. The number of nitrogens with two attached hydrogens (primary N) is 1. The number of hydrogen-bond acceptors (Lipinski definition) is 5. The van der Waals surface area contributed by atoms with Crippen LogP contribution in [0.4, 0.5) is 11.6 Å². The van der Waals surface area contributed by atoms with Crippen LogP contribution in [0.5, 0.6) is 0 Å². The van der Waals surface area contributed by atoms with Crippen molar-refractivity contribution in [2.75, 3.05) is 30.4 Å². The number of nitrogens with zero attached hydrogens (tertiary/aromatic N) is 2. The lowest BCUT2D eigenvalue weighted by Gasteiger charge is -2.37. The number of anilines is 2. The van der Waals surface area contributed by atoms with Crippen LogP contribution in [0.25, 0.3) is 11.0 Å². The topological polar surface area (TPSA) is 87.4 Å². The number of H-pyrrole nitrogens is 1. The average molecular weight is 262 g/mol. The van der Waals surface area contributed by atoms with Crippen LogP contribution in [0.15, 0.2) is 18.2 Å². The number of aromatic amines is 1. The summed E-state index contributed by atoms with van der Waals surface area (Å²) in [6, 6.07) is 5.84. The number of aromatic nitrogens is 2. The molecule has 1 aliphatic rings. The van der Waals surface area contributed by atoms with Gasteiger partial charge in [-0.15, -0.1) is 0 Å². The van der Waals surface area contributed by atoms with Crippen molar-refractivity contribution in [1.82, 2.24) is 9.97 Å². The summed E-state index contributed by atoms with van der Waals surface area (Å²) in [6.07, 6.45) is -0.158. The Kier molecular flexibility index (Phi) is 3.04. The highest BCUT2D eigenvalue weighted by atomic mass is 16.5. The Morgan fingerprint density at radius 3 is 3.21 bits per heavy atom. The molecule has 0 saturated carbocycles. The largest absolute Gasteiger partial charge is 0.399 e. The van der Waals surface area contributed by atoms with Crippen molar-refractivity contribution in [2.45, 2.75) is 19.1 Å². The molecule has 2 atom stereocenters. The maximum Gasteiger partial charge on any atom is 0.204 e. The van der Waals surface area contributed by atoms with Gasteiger partial charge in [0, 0.05) is 12.2 Å². The second-order valence-electron chi connectivity index (χ2n) is 4.98. The number of benzene rings is 1. The minimum absolute atomic E-state index is 0.0242. The van der Waals surface area contributed by atoms with Crippen LogP contribution in [0.2, 0.25) is 0 Å². The average Bonchev–Trinajstić information content (AvgIpc) is 2.82. The normalized spacial score (nSPS) is 24.0. The predicted octanol–water partition coefficient (Wildman–Crippen LogP) is 0.731. The van der Waals surface area contributed by atoms with Gasteiger partial charge in [-0.2, -0.15) is 0 Å². The zero-order valence-corrected chi connectivity index (χ0v) is 10.8. The fraction of sp³-hybridized carbons (Fsp3) is 0.462. The van der Waals surface area contributed by atoms with E-state index in [-0.39, 0.29) is 18.8 Å². The number of fused-ring (bicyclic) bond motifs is 1. The van der Waals surface area contributed by atoms with Crippen molar-refractivity contribution in [3.8, 4) is 0 Å². The van der Waals surface area contributed by atoms with E-state index < -0.39 is 0 Å². The summed E-state index contributed by atoms with van der Waals surface area (Å²) >= 11 is 0. The van der Waals surface area contributed by atoms with Crippen molar-refractivity contribution >= 4 is 22.7 Å². The minimum Gasteiger partial charge on any atom is -0.399 e. The molecule has 6 nitrogen and oxygen atoms in total. The van der Waals surface area contributed by atoms with Gasteiger partial charge in [-0.25, -0.2) is 4.98 Å². The number of rotatable bonds is 2. The molecule has 0 aliphatic carbocycles. The molecule has 0 radical (unpaired) electrons. The second-order valence-corrected chi connectivity index (χ2v) is 4.98. The van der Waals surface area contributed by atoms with Crippen molar-refractivity contribution in [3.05, 3.63) is 18.2 Å². The lowest BCUT2D eigenvalue weighted by atomic mass is 10.2. The number of aliphatic hydroxyl groups is 1. The quantitative estimate of drug-likeness (QED) is 0.695. The first-order valence-electron chi connectivity index (χ1n) is 6.41. The molecule has 6 heteroatoms. The van der Waals surface area contributed by atoms with Crippen LogP contribution in [-0.2, 0) is 4.74 Å². The molecule has 1 aromatic heterocycles. The highest BCUT2D eigenvalue weighted by Gasteiger charge is 2.27. The van der Waals surface area contributed by atoms with Crippen molar-refractivity contribution in [3.63, 3.8) is 0 Å². The molecule has 4 N–H and O–H groups in total. The van der Waals surface area contributed by atoms with Gasteiger partial charge in [0.15, 0.2) is 0 Å². The summed E-state index contributed by atoms with van der Waals surface area (Å²) in [5.41, 5.74) is 8.30. The third-order valence-electron chi connectivity index (χ3n) is 3.47. The lowest BCUT2D eigenvalue weighted by molar-refractivity contribution is -0.0107. The first-order valence-corrected chi connectivity index (χ1v) is 6.41. The van der Waals surface area contributed by atoms with Crippen LogP contribution in [-0.4, -0.2) is 47.0 Å². The molecule has 1 fully saturated rings. The summed E-state index contributed by atoms with van der Waals surface area (Å²) < 4.78 is 5.53. The number of aliphatic hydroxyl groups excluding tert-OH is 1. The van der Waals surface area contributed by atoms with Crippen molar-refractivity contribution in [1.29, 1.82) is 0 Å². The van der Waals surface area contributed by atoms with Gasteiger partial charge >= 0.3 is 0 Å². The Morgan fingerprint density at radius 2 is 2.42 bits per heavy atom. The molecular formula is C13H18N4O2. The van der Waals surface area contributed by atoms with Gasteiger partial charge in [0.1, 0.15) is 0 Å². The van der Waals surface area contributed by atoms with Gasteiger partial charge < -0.3 is 25.5 Å². The molecule has 2 unspecified atom stereocenters. The highest BCUT2D eigenvalue weighted by molar-refractivity contribution is 5.81. The molecule has 1 aliphatic heterocycles. The fourth-order valence-corrected chi connectivity index (χ4v) is 2.37. The number of nitrogens with one attached hydrogen (secondary N) is 1. The van der Waals surface area contributed by atoms with Crippen LogP contribution >= 0.6 is 0 Å². The maximum atomic E-state index is 9.22. The van der Waals surface area contributed by atoms with E-state index in [1.165, 1.54) is 0 Å². The Bertz CT molecular complexity index is 583. The monoisotopic (exact) mass is 262 g/mol.